The number of methoxy groups -OCH3 is 1. The number of aromatic hydroxyl groups is 1. The SMILES string of the molecule is COc1ccc2oc(=O)c(-c3csc(/N=C/c4ccccc4O)n3)cc2c1. The van der Waals surface area contributed by atoms with Gasteiger partial charge in [-0.05, 0) is 36.4 Å². The van der Waals surface area contributed by atoms with E-state index in [1.807, 2.05) is 6.07 Å². The smallest absolute Gasteiger partial charge is 0.345 e. The molecule has 7 heteroatoms. The van der Waals surface area contributed by atoms with Gasteiger partial charge in [0, 0.05) is 22.5 Å². The number of phenolic OH excluding ortho intramolecular Hbond substituents is 1. The Morgan fingerprint density at radius 2 is 2.07 bits per heavy atom. The number of para-hydroxylation sites is 1. The van der Waals surface area contributed by atoms with Crippen LogP contribution in [0.5, 0.6) is 11.5 Å². The van der Waals surface area contributed by atoms with Crippen LogP contribution >= 0.6 is 11.3 Å². The number of nitrogens with zero attached hydrogens (tertiary/aromatic N) is 2. The molecule has 0 saturated carbocycles. The normalized spacial score (nSPS) is 11.3. The highest BCUT2D eigenvalue weighted by Crippen LogP contribution is 2.28. The minimum atomic E-state index is -0.464. The Morgan fingerprint density at radius 1 is 1.22 bits per heavy atom. The molecule has 6 nitrogen and oxygen atoms in total. The number of hydrogen-bond donors (Lipinski definition) is 1. The van der Waals surface area contributed by atoms with Crippen LogP contribution in [0.15, 0.2) is 68.1 Å². The molecule has 2 aromatic heterocycles. The number of rotatable bonds is 4. The summed E-state index contributed by atoms with van der Waals surface area (Å²) in [5, 5.41) is 12.7. The van der Waals surface area contributed by atoms with E-state index in [9.17, 15) is 9.90 Å². The summed E-state index contributed by atoms with van der Waals surface area (Å²) in [6, 6.07) is 13.8. The second kappa shape index (κ2) is 7.05. The van der Waals surface area contributed by atoms with Gasteiger partial charge in [0.2, 0.25) is 5.13 Å². The molecule has 0 radical (unpaired) electrons. The Hall–Kier alpha value is -3.45. The molecular weight excluding hydrogens is 364 g/mol. The highest BCUT2D eigenvalue weighted by Gasteiger charge is 2.12. The summed E-state index contributed by atoms with van der Waals surface area (Å²) in [5.74, 6) is 0.815. The zero-order chi connectivity index (χ0) is 18.8. The van der Waals surface area contributed by atoms with Gasteiger partial charge in [0.25, 0.3) is 0 Å². The van der Waals surface area contributed by atoms with Crippen molar-refractivity contribution in [2.24, 2.45) is 4.99 Å². The first kappa shape index (κ1) is 17.0. The molecule has 0 spiro atoms. The summed E-state index contributed by atoms with van der Waals surface area (Å²) >= 11 is 1.30. The fraction of sp³-hybridized carbons (Fsp3) is 0.0500. The molecule has 27 heavy (non-hydrogen) atoms. The molecule has 2 aromatic carbocycles. The molecule has 4 aromatic rings. The third-order valence-electron chi connectivity index (χ3n) is 3.96. The van der Waals surface area contributed by atoms with Crippen LogP contribution in [0.2, 0.25) is 0 Å². The molecule has 0 aliphatic rings. The second-order valence-corrected chi connectivity index (χ2v) is 6.52. The highest BCUT2D eigenvalue weighted by atomic mass is 32.1. The fourth-order valence-corrected chi connectivity index (χ4v) is 3.24. The van der Waals surface area contributed by atoms with Gasteiger partial charge in [-0.3, -0.25) is 0 Å². The van der Waals surface area contributed by atoms with E-state index in [0.29, 0.717) is 33.3 Å². The van der Waals surface area contributed by atoms with Crippen molar-refractivity contribution in [1.29, 1.82) is 0 Å². The maximum atomic E-state index is 12.3. The van der Waals surface area contributed by atoms with Crippen molar-refractivity contribution in [3.05, 3.63) is 69.9 Å². The van der Waals surface area contributed by atoms with Crippen LogP contribution in [0.25, 0.3) is 22.2 Å². The molecule has 0 unspecified atom stereocenters. The lowest BCUT2D eigenvalue weighted by molar-refractivity contribution is 0.415. The summed E-state index contributed by atoms with van der Waals surface area (Å²) < 4.78 is 10.6. The van der Waals surface area contributed by atoms with E-state index >= 15 is 0 Å². The van der Waals surface area contributed by atoms with Crippen molar-refractivity contribution in [2.45, 2.75) is 0 Å². The predicted molar refractivity (Wildman–Crippen MR) is 106 cm³/mol. The average molecular weight is 378 g/mol. The van der Waals surface area contributed by atoms with Gasteiger partial charge in [0.1, 0.15) is 17.1 Å². The highest BCUT2D eigenvalue weighted by molar-refractivity contribution is 7.13. The van der Waals surface area contributed by atoms with Crippen LogP contribution in [-0.2, 0) is 0 Å². The van der Waals surface area contributed by atoms with Crippen molar-refractivity contribution in [3.8, 4) is 22.8 Å². The number of benzene rings is 2. The topological polar surface area (TPSA) is 84.9 Å². The van der Waals surface area contributed by atoms with E-state index in [1.54, 1.807) is 55.0 Å². The number of ether oxygens (including phenoxy) is 1. The Labute approximate surface area is 158 Å². The van der Waals surface area contributed by atoms with E-state index in [-0.39, 0.29) is 5.75 Å². The molecule has 2 heterocycles. The monoisotopic (exact) mass is 378 g/mol. The first-order valence-corrected chi connectivity index (χ1v) is 8.92. The minimum absolute atomic E-state index is 0.141. The molecule has 0 fully saturated rings. The summed E-state index contributed by atoms with van der Waals surface area (Å²) in [4.78, 5) is 21.0. The zero-order valence-corrected chi connectivity index (χ0v) is 15.1. The van der Waals surface area contributed by atoms with Crippen LogP contribution in [0.3, 0.4) is 0 Å². The summed E-state index contributed by atoms with van der Waals surface area (Å²) in [6.07, 6.45) is 1.53. The number of phenols is 1. The van der Waals surface area contributed by atoms with Crippen molar-refractivity contribution in [1.82, 2.24) is 4.98 Å². The number of aromatic nitrogens is 1. The van der Waals surface area contributed by atoms with E-state index in [2.05, 4.69) is 9.98 Å². The van der Waals surface area contributed by atoms with Gasteiger partial charge in [-0.15, -0.1) is 11.3 Å². The van der Waals surface area contributed by atoms with Gasteiger partial charge in [0.15, 0.2) is 0 Å². The quantitative estimate of drug-likeness (QED) is 0.421. The number of hydrogen-bond acceptors (Lipinski definition) is 7. The molecule has 0 bridgehead atoms. The Morgan fingerprint density at radius 3 is 2.89 bits per heavy atom. The largest absolute Gasteiger partial charge is 0.507 e. The molecule has 0 amide bonds. The summed E-state index contributed by atoms with van der Waals surface area (Å²) in [5.41, 5.74) is 1.46. The molecule has 134 valence electrons. The van der Waals surface area contributed by atoms with Gasteiger partial charge in [-0.2, -0.15) is 0 Å². The number of thiazole rings is 1. The van der Waals surface area contributed by atoms with Crippen molar-refractivity contribution in [2.75, 3.05) is 7.11 Å². The number of fused-ring (bicyclic) bond motifs is 1. The number of aliphatic imine (C=N–C) groups is 1. The van der Waals surface area contributed by atoms with E-state index in [1.165, 1.54) is 17.6 Å². The minimum Gasteiger partial charge on any atom is -0.507 e. The average Bonchev–Trinajstić information content (AvgIpc) is 3.15. The second-order valence-electron chi connectivity index (χ2n) is 5.68. The Bertz CT molecular complexity index is 1210. The van der Waals surface area contributed by atoms with Gasteiger partial charge in [-0.1, -0.05) is 12.1 Å². The van der Waals surface area contributed by atoms with Crippen molar-refractivity contribution in [3.63, 3.8) is 0 Å². The van der Waals surface area contributed by atoms with Crippen LogP contribution < -0.4 is 10.4 Å². The standard InChI is InChI=1S/C20H14N2O4S/c1-25-14-6-7-18-13(8-14)9-15(19(24)26-18)16-11-27-20(22-16)21-10-12-4-2-3-5-17(12)23/h2-11,23H,1H3/b21-10+. The fourth-order valence-electron chi connectivity index (χ4n) is 2.58. The maximum absolute atomic E-state index is 12.3. The third kappa shape index (κ3) is 3.45. The lowest BCUT2D eigenvalue weighted by Gasteiger charge is -2.02. The van der Waals surface area contributed by atoms with E-state index < -0.39 is 5.63 Å². The predicted octanol–water partition coefficient (Wildman–Crippen LogP) is 4.38. The molecule has 0 atom stereocenters. The lowest BCUT2D eigenvalue weighted by Crippen LogP contribution is -2.02. The summed E-state index contributed by atoms with van der Waals surface area (Å²) in [7, 11) is 1.58. The van der Waals surface area contributed by atoms with Crippen LogP contribution in [0, 0.1) is 0 Å². The first-order chi connectivity index (χ1) is 13.1. The molecular formula is C20H14N2O4S. The van der Waals surface area contributed by atoms with E-state index in [4.69, 9.17) is 9.15 Å². The molecule has 4 rings (SSSR count). The maximum Gasteiger partial charge on any atom is 0.345 e. The van der Waals surface area contributed by atoms with Crippen LogP contribution in [0.1, 0.15) is 5.56 Å². The molecule has 0 aliphatic heterocycles. The third-order valence-corrected chi connectivity index (χ3v) is 4.71. The molecule has 1 N–H and O–H groups in total. The van der Waals surface area contributed by atoms with Gasteiger partial charge < -0.3 is 14.3 Å². The zero-order valence-electron chi connectivity index (χ0n) is 14.2. The van der Waals surface area contributed by atoms with Crippen molar-refractivity contribution >= 4 is 33.7 Å². The first-order valence-electron chi connectivity index (χ1n) is 8.04. The Kier molecular flexibility index (Phi) is 4.43. The Balaban J connectivity index is 1.69. The molecule has 0 aliphatic carbocycles. The lowest BCUT2D eigenvalue weighted by atomic mass is 10.1. The van der Waals surface area contributed by atoms with Crippen molar-refractivity contribution < 1.29 is 14.3 Å². The van der Waals surface area contributed by atoms with Crippen LogP contribution in [-0.4, -0.2) is 23.4 Å². The van der Waals surface area contributed by atoms with Crippen LogP contribution in [0.4, 0.5) is 5.13 Å². The molecule has 0 saturated heterocycles. The van der Waals surface area contributed by atoms with E-state index in [0.717, 1.165) is 5.39 Å². The van der Waals surface area contributed by atoms with Gasteiger partial charge in [0.05, 0.1) is 18.4 Å². The van der Waals surface area contributed by atoms with Gasteiger partial charge in [-0.25, -0.2) is 14.8 Å². The van der Waals surface area contributed by atoms with Gasteiger partial charge >= 0.3 is 5.63 Å². The summed E-state index contributed by atoms with van der Waals surface area (Å²) in [6.45, 7) is 0.